The number of carbonyl (C=O) groups excluding carboxylic acids is 2. The standard InChI is InChI=1S/C23H21FN4O2.C4H6F2.2C2H6.CH4O/c1-15(26-22(29)16-7-9-17(24)10-8-16)18-11-12-21-19(27-18)6-4-14-28(21)23(30)20-5-2-3-13-25-20;1-3-4(2,5)6;3*1-2/h2-3,5,7-13,15H,4,6,14H2,1H3,(H,26,29);3H,1H2,2H3;2*1-2H3;2H,1H3. The molecule has 0 fully saturated rings. The topological polar surface area (TPSA) is 95.4 Å². The van der Waals surface area contributed by atoms with Gasteiger partial charge in [-0.05, 0) is 74.4 Å². The van der Waals surface area contributed by atoms with Gasteiger partial charge in [-0.15, -0.1) is 0 Å². The molecule has 0 spiro atoms. The molecule has 1 unspecified atom stereocenters. The highest BCUT2D eigenvalue weighted by Gasteiger charge is 2.26. The second-order valence-corrected chi connectivity index (χ2v) is 8.34. The first-order valence-corrected chi connectivity index (χ1v) is 13.8. The molecule has 0 bridgehead atoms. The normalized spacial score (nSPS) is 12.0. The van der Waals surface area contributed by atoms with Crippen molar-refractivity contribution < 1.29 is 27.9 Å². The van der Waals surface area contributed by atoms with Crippen LogP contribution in [0.4, 0.5) is 18.9 Å². The Morgan fingerprint density at radius 2 is 1.64 bits per heavy atom. The van der Waals surface area contributed by atoms with E-state index in [0.717, 1.165) is 38.3 Å². The number of hydrogen-bond donors (Lipinski definition) is 2. The summed E-state index contributed by atoms with van der Waals surface area (Å²) in [5.41, 5.74) is 3.09. The quantitative estimate of drug-likeness (QED) is 0.308. The number of fused-ring (bicyclic) bond motifs is 1. The number of aromatic nitrogens is 2. The Morgan fingerprint density at radius 3 is 2.17 bits per heavy atom. The highest BCUT2D eigenvalue weighted by atomic mass is 19.3. The molecule has 1 atom stereocenters. The molecule has 1 aromatic carbocycles. The van der Waals surface area contributed by atoms with Crippen LogP contribution in [0.1, 0.15) is 86.2 Å². The van der Waals surface area contributed by atoms with Crippen LogP contribution < -0.4 is 10.2 Å². The molecule has 0 radical (unpaired) electrons. The number of nitrogens with one attached hydrogen (secondary N) is 1. The van der Waals surface area contributed by atoms with Crippen LogP contribution in [-0.2, 0) is 6.42 Å². The predicted molar refractivity (Wildman–Crippen MR) is 162 cm³/mol. The molecule has 2 aromatic heterocycles. The minimum atomic E-state index is -2.69. The summed E-state index contributed by atoms with van der Waals surface area (Å²) in [7, 11) is 1.00. The number of hydrogen-bond acceptors (Lipinski definition) is 5. The molecule has 2 N–H and O–H groups in total. The van der Waals surface area contributed by atoms with Crippen molar-refractivity contribution in [2.75, 3.05) is 18.6 Å². The minimum absolute atomic E-state index is 0.149. The summed E-state index contributed by atoms with van der Waals surface area (Å²) < 4.78 is 35.7. The molecule has 0 saturated heterocycles. The molecule has 2 amide bonds. The number of benzene rings is 1. The molecule has 230 valence electrons. The number of aryl methyl sites for hydroxylation is 1. The summed E-state index contributed by atoms with van der Waals surface area (Å²) >= 11 is 0. The molecule has 3 heterocycles. The second-order valence-electron chi connectivity index (χ2n) is 8.34. The highest BCUT2D eigenvalue weighted by Crippen LogP contribution is 2.28. The Hall–Kier alpha value is -4.05. The number of alkyl halides is 2. The molecule has 10 heteroatoms. The number of amides is 2. The second kappa shape index (κ2) is 19.9. The number of rotatable bonds is 5. The van der Waals surface area contributed by atoms with Gasteiger partial charge in [0.25, 0.3) is 17.7 Å². The predicted octanol–water partition coefficient (Wildman–Crippen LogP) is 7.19. The molecule has 0 saturated carbocycles. The van der Waals surface area contributed by atoms with Gasteiger partial charge in [-0.25, -0.2) is 13.2 Å². The fourth-order valence-electron chi connectivity index (χ4n) is 3.50. The van der Waals surface area contributed by atoms with E-state index < -0.39 is 5.92 Å². The van der Waals surface area contributed by atoms with Crippen LogP contribution in [0.3, 0.4) is 0 Å². The molecular formula is C32H43F3N4O3. The fraction of sp³-hybridized carbons (Fsp3) is 0.375. The van der Waals surface area contributed by atoms with E-state index in [9.17, 15) is 22.8 Å². The highest BCUT2D eigenvalue weighted by molar-refractivity contribution is 6.05. The van der Waals surface area contributed by atoms with Gasteiger partial charge in [0.2, 0.25) is 0 Å². The van der Waals surface area contributed by atoms with Gasteiger partial charge in [-0.3, -0.25) is 19.6 Å². The number of pyridine rings is 2. The van der Waals surface area contributed by atoms with Crippen molar-refractivity contribution >= 4 is 17.5 Å². The summed E-state index contributed by atoms with van der Waals surface area (Å²) in [4.78, 5) is 35.8. The number of allylic oxidation sites excluding steroid dienone is 1. The Labute approximate surface area is 247 Å². The van der Waals surface area contributed by atoms with Gasteiger partial charge in [-0.1, -0.05) is 40.3 Å². The summed E-state index contributed by atoms with van der Waals surface area (Å²) in [6, 6.07) is 14.0. The molecule has 7 nitrogen and oxygen atoms in total. The van der Waals surface area contributed by atoms with Crippen molar-refractivity contribution in [3.63, 3.8) is 0 Å². The average molecular weight is 589 g/mol. The van der Waals surface area contributed by atoms with E-state index in [1.54, 1.807) is 29.3 Å². The van der Waals surface area contributed by atoms with E-state index in [1.165, 1.54) is 24.3 Å². The maximum Gasteiger partial charge on any atom is 0.276 e. The lowest BCUT2D eigenvalue weighted by atomic mass is 10.0. The van der Waals surface area contributed by atoms with Crippen molar-refractivity contribution in [2.24, 2.45) is 0 Å². The van der Waals surface area contributed by atoms with Crippen molar-refractivity contribution in [1.29, 1.82) is 0 Å². The summed E-state index contributed by atoms with van der Waals surface area (Å²) in [5.74, 6) is -3.53. The average Bonchev–Trinajstić information content (AvgIpc) is 3.03. The number of carbonyl (C=O) groups is 2. The van der Waals surface area contributed by atoms with Crippen LogP contribution in [0.5, 0.6) is 0 Å². The Balaban J connectivity index is 0.00000122. The van der Waals surface area contributed by atoms with E-state index in [2.05, 4.69) is 16.9 Å². The lowest BCUT2D eigenvalue weighted by molar-refractivity contribution is 0.0778. The van der Waals surface area contributed by atoms with Gasteiger partial charge < -0.3 is 15.3 Å². The number of anilines is 1. The van der Waals surface area contributed by atoms with Crippen molar-refractivity contribution in [1.82, 2.24) is 15.3 Å². The zero-order chi connectivity index (χ0) is 32.3. The summed E-state index contributed by atoms with van der Waals surface area (Å²) in [6.07, 6.45) is 3.77. The summed E-state index contributed by atoms with van der Waals surface area (Å²) in [5, 5.41) is 9.88. The Morgan fingerprint density at radius 1 is 1.05 bits per heavy atom. The lowest BCUT2D eigenvalue weighted by Gasteiger charge is -2.29. The van der Waals surface area contributed by atoms with E-state index in [-0.39, 0.29) is 23.7 Å². The first kappa shape index (κ1) is 38.0. The monoisotopic (exact) mass is 588 g/mol. The van der Waals surface area contributed by atoms with Crippen LogP contribution in [0, 0.1) is 5.82 Å². The van der Waals surface area contributed by atoms with Crippen LogP contribution >= 0.6 is 0 Å². The third kappa shape index (κ3) is 12.2. The first-order chi connectivity index (χ1) is 20.1. The van der Waals surface area contributed by atoms with Crippen LogP contribution in [0.15, 0.2) is 73.4 Å². The van der Waals surface area contributed by atoms with Gasteiger partial charge in [0.05, 0.1) is 23.1 Å². The molecule has 3 aromatic rings. The summed E-state index contributed by atoms with van der Waals surface area (Å²) in [6.45, 7) is 14.1. The lowest BCUT2D eigenvalue weighted by Crippen LogP contribution is -2.36. The molecular weight excluding hydrogens is 545 g/mol. The third-order valence-corrected chi connectivity index (χ3v) is 5.44. The van der Waals surface area contributed by atoms with Gasteiger partial charge in [0.15, 0.2) is 0 Å². The number of halogens is 3. The van der Waals surface area contributed by atoms with E-state index in [4.69, 9.17) is 10.1 Å². The van der Waals surface area contributed by atoms with E-state index in [0.29, 0.717) is 29.6 Å². The van der Waals surface area contributed by atoms with E-state index >= 15 is 0 Å². The number of nitrogens with zero attached hydrogens (tertiary/aromatic N) is 3. The Kier molecular flexibility index (Phi) is 18.0. The van der Waals surface area contributed by atoms with Gasteiger partial charge in [0, 0.05) is 32.3 Å². The van der Waals surface area contributed by atoms with E-state index in [1.807, 2.05) is 46.8 Å². The SMILES string of the molecule is C=CC(C)(F)F.CC.CC.CC(NC(=O)c1ccc(F)cc1)c1ccc2c(n1)CCCN2C(=O)c1ccccn1.CO. The molecule has 1 aliphatic rings. The maximum absolute atomic E-state index is 13.1. The zero-order valence-electron chi connectivity index (χ0n) is 25.5. The molecule has 42 heavy (non-hydrogen) atoms. The maximum atomic E-state index is 13.1. The Bertz CT molecular complexity index is 1220. The van der Waals surface area contributed by atoms with Crippen LogP contribution in [-0.4, -0.2) is 46.5 Å². The van der Waals surface area contributed by atoms with Crippen molar-refractivity contribution in [2.45, 2.75) is 66.3 Å². The molecule has 0 aliphatic carbocycles. The third-order valence-electron chi connectivity index (χ3n) is 5.44. The fourth-order valence-corrected chi connectivity index (χ4v) is 3.50. The smallest absolute Gasteiger partial charge is 0.276 e. The first-order valence-electron chi connectivity index (χ1n) is 13.8. The molecule has 4 rings (SSSR count). The molecule has 1 aliphatic heterocycles. The largest absolute Gasteiger partial charge is 0.400 e. The minimum Gasteiger partial charge on any atom is -0.400 e. The van der Waals surface area contributed by atoms with Crippen molar-refractivity contribution in [3.05, 3.63) is 102 Å². The van der Waals surface area contributed by atoms with Gasteiger partial charge in [-0.2, -0.15) is 0 Å². The zero-order valence-corrected chi connectivity index (χ0v) is 25.5. The van der Waals surface area contributed by atoms with Gasteiger partial charge >= 0.3 is 0 Å². The number of aliphatic hydroxyl groups is 1. The van der Waals surface area contributed by atoms with Crippen molar-refractivity contribution in [3.8, 4) is 0 Å². The van der Waals surface area contributed by atoms with Gasteiger partial charge in [0.1, 0.15) is 11.5 Å². The number of aliphatic hydroxyl groups excluding tert-OH is 1. The van der Waals surface area contributed by atoms with Crippen LogP contribution in [0.2, 0.25) is 0 Å². The van der Waals surface area contributed by atoms with Crippen LogP contribution in [0.25, 0.3) is 0 Å².